The molecule has 0 radical (unpaired) electrons. The van der Waals surface area contributed by atoms with Crippen LogP contribution in [0.2, 0.25) is 0 Å². The van der Waals surface area contributed by atoms with E-state index >= 15 is 0 Å². The minimum absolute atomic E-state index is 0.0865. The quantitative estimate of drug-likeness (QED) is 0.844. The zero-order valence-corrected chi connectivity index (χ0v) is 15.0. The molecule has 0 atom stereocenters. The number of hydrogen-bond acceptors (Lipinski definition) is 6. The lowest BCUT2D eigenvalue weighted by Gasteiger charge is -2.26. The number of nitrogen functional groups attached to an aromatic ring is 1. The summed E-state index contributed by atoms with van der Waals surface area (Å²) in [5.41, 5.74) is 7.06. The third-order valence-corrected chi connectivity index (χ3v) is 5.12. The number of nitrogens with two attached hydrogens (primary N) is 1. The summed E-state index contributed by atoms with van der Waals surface area (Å²) < 4.78 is 13.0. The lowest BCUT2D eigenvalue weighted by Crippen LogP contribution is -2.40. The van der Waals surface area contributed by atoms with Crippen LogP contribution in [-0.4, -0.2) is 48.3 Å². The molecule has 0 aliphatic carbocycles. The molecular weight excluding hydrogens is 346 g/mol. The summed E-state index contributed by atoms with van der Waals surface area (Å²) in [6, 6.07) is 7.49. The molecular formula is C16H19N3O3S2. The molecule has 1 amide bonds. The Hall–Kier alpha value is -1.90. The highest BCUT2D eigenvalue weighted by molar-refractivity contribution is 7.73. The van der Waals surface area contributed by atoms with Crippen LogP contribution >= 0.6 is 23.6 Å². The third kappa shape index (κ3) is 3.31. The highest BCUT2D eigenvalue weighted by Crippen LogP contribution is 2.28. The lowest BCUT2D eigenvalue weighted by atomic mass is 10.3. The van der Waals surface area contributed by atoms with Crippen LogP contribution in [0.25, 0.3) is 5.69 Å². The van der Waals surface area contributed by atoms with Gasteiger partial charge in [0.15, 0.2) is 3.95 Å². The molecule has 1 fully saturated rings. The van der Waals surface area contributed by atoms with Crippen LogP contribution in [0.4, 0.5) is 5.82 Å². The molecule has 8 heteroatoms. The second-order valence-corrected chi connectivity index (χ2v) is 6.89. The van der Waals surface area contributed by atoms with E-state index in [2.05, 4.69) is 0 Å². The summed E-state index contributed by atoms with van der Waals surface area (Å²) in [4.78, 5) is 14.9. The highest BCUT2D eigenvalue weighted by atomic mass is 32.1. The Labute approximate surface area is 149 Å². The number of benzene rings is 1. The number of carbonyl (C=O) groups excluding carboxylic acids is 1. The van der Waals surface area contributed by atoms with E-state index in [1.165, 1.54) is 11.3 Å². The van der Waals surface area contributed by atoms with E-state index in [0.29, 0.717) is 47.6 Å². The summed E-state index contributed by atoms with van der Waals surface area (Å²) in [5, 5.41) is 0. The maximum absolute atomic E-state index is 12.7. The molecule has 0 spiro atoms. The van der Waals surface area contributed by atoms with E-state index in [4.69, 9.17) is 27.4 Å². The molecule has 2 heterocycles. The van der Waals surface area contributed by atoms with Gasteiger partial charge in [-0.05, 0) is 43.4 Å². The number of thiazole rings is 1. The predicted octanol–water partition coefficient (Wildman–Crippen LogP) is 2.72. The minimum atomic E-state index is -0.0865. The fourth-order valence-corrected chi connectivity index (χ4v) is 3.89. The second-order valence-electron chi connectivity index (χ2n) is 5.25. The number of ether oxygens (including phenoxy) is 2. The molecule has 1 aromatic carbocycles. The van der Waals surface area contributed by atoms with Crippen LogP contribution in [0.3, 0.4) is 0 Å². The largest absolute Gasteiger partial charge is 0.494 e. The Morgan fingerprint density at radius 1 is 1.33 bits per heavy atom. The summed E-state index contributed by atoms with van der Waals surface area (Å²) >= 11 is 6.66. The number of rotatable bonds is 4. The van der Waals surface area contributed by atoms with Gasteiger partial charge in [0.25, 0.3) is 5.91 Å². The average molecular weight is 365 g/mol. The normalized spacial score (nSPS) is 14.6. The Bertz CT molecular complexity index is 777. The van der Waals surface area contributed by atoms with Crippen molar-refractivity contribution in [2.24, 2.45) is 0 Å². The number of nitrogens with zero attached hydrogens (tertiary/aromatic N) is 2. The summed E-state index contributed by atoms with van der Waals surface area (Å²) in [6.07, 6.45) is 0. The van der Waals surface area contributed by atoms with Crippen LogP contribution in [-0.2, 0) is 4.74 Å². The number of morpholine rings is 1. The maximum atomic E-state index is 12.7. The van der Waals surface area contributed by atoms with Gasteiger partial charge in [0, 0.05) is 18.8 Å². The fraction of sp³-hybridized carbons (Fsp3) is 0.375. The van der Waals surface area contributed by atoms with E-state index in [1.807, 2.05) is 31.2 Å². The van der Waals surface area contributed by atoms with Gasteiger partial charge < -0.3 is 20.1 Å². The molecule has 24 heavy (non-hydrogen) atoms. The topological polar surface area (TPSA) is 69.7 Å². The molecule has 0 bridgehead atoms. The van der Waals surface area contributed by atoms with Gasteiger partial charge in [0.1, 0.15) is 16.4 Å². The van der Waals surface area contributed by atoms with Gasteiger partial charge >= 0.3 is 0 Å². The number of anilines is 1. The van der Waals surface area contributed by atoms with Gasteiger partial charge in [0.2, 0.25) is 0 Å². The molecule has 2 aromatic rings. The minimum Gasteiger partial charge on any atom is -0.494 e. The first kappa shape index (κ1) is 16.9. The molecule has 1 saturated heterocycles. The van der Waals surface area contributed by atoms with Crippen molar-refractivity contribution in [1.82, 2.24) is 9.47 Å². The van der Waals surface area contributed by atoms with Crippen molar-refractivity contribution < 1.29 is 14.3 Å². The van der Waals surface area contributed by atoms with E-state index in [-0.39, 0.29) is 5.91 Å². The second kappa shape index (κ2) is 7.33. The van der Waals surface area contributed by atoms with Gasteiger partial charge in [-0.1, -0.05) is 11.3 Å². The van der Waals surface area contributed by atoms with Crippen molar-refractivity contribution in [2.75, 3.05) is 38.6 Å². The molecule has 2 N–H and O–H groups in total. The van der Waals surface area contributed by atoms with Crippen molar-refractivity contribution in [3.05, 3.63) is 33.1 Å². The number of amides is 1. The molecule has 3 rings (SSSR count). The zero-order chi connectivity index (χ0) is 17.1. The standard InChI is InChI=1S/C16H19N3O3S2/c1-2-22-12-5-3-11(4-6-12)19-14(17)13(24-16(19)23)15(20)18-7-9-21-10-8-18/h3-6H,2,7-10,17H2,1H3. The maximum Gasteiger partial charge on any atom is 0.267 e. The van der Waals surface area contributed by atoms with Gasteiger partial charge in [-0.3, -0.25) is 9.36 Å². The van der Waals surface area contributed by atoms with Gasteiger partial charge in [-0.25, -0.2) is 0 Å². The van der Waals surface area contributed by atoms with Crippen molar-refractivity contribution >= 4 is 35.3 Å². The van der Waals surface area contributed by atoms with Crippen LogP contribution in [0.5, 0.6) is 5.75 Å². The smallest absolute Gasteiger partial charge is 0.267 e. The zero-order valence-electron chi connectivity index (χ0n) is 13.4. The molecule has 0 saturated carbocycles. The molecule has 1 aliphatic rings. The first-order valence-electron chi connectivity index (χ1n) is 7.73. The van der Waals surface area contributed by atoms with Gasteiger partial charge in [-0.15, -0.1) is 0 Å². The number of hydrogen-bond donors (Lipinski definition) is 1. The van der Waals surface area contributed by atoms with Crippen LogP contribution in [0, 0.1) is 3.95 Å². The molecule has 6 nitrogen and oxygen atoms in total. The van der Waals surface area contributed by atoms with E-state index in [9.17, 15) is 4.79 Å². The van der Waals surface area contributed by atoms with Crippen molar-refractivity contribution in [3.63, 3.8) is 0 Å². The Morgan fingerprint density at radius 2 is 2.00 bits per heavy atom. The molecule has 128 valence electrons. The monoisotopic (exact) mass is 365 g/mol. The van der Waals surface area contributed by atoms with Crippen molar-refractivity contribution in [2.45, 2.75) is 6.92 Å². The Balaban J connectivity index is 1.91. The SMILES string of the molecule is CCOc1ccc(-n2c(N)c(C(=O)N3CCOCC3)sc2=S)cc1. The Kier molecular flexibility index (Phi) is 5.17. The Morgan fingerprint density at radius 3 is 2.62 bits per heavy atom. The van der Waals surface area contributed by atoms with Crippen molar-refractivity contribution in [1.29, 1.82) is 0 Å². The van der Waals surface area contributed by atoms with E-state index < -0.39 is 0 Å². The molecule has 1 aromatic heterocycles. The van der Waals surface area contributed by atoms with Gasteiger partial charge in [-0.2, -0.15) is 0 Å². The summed E-state index contributed by atoms with van der Waals surface area (Å²) in [7, 11) is 0. The number of aromatic nitrogens is 1. The van der Waals surface area contributed by atoms with Crippen LogP contribution in [0.15, 0.2) is 24.3 Å². The first-order valence-corrected chi connectivity index (χ1v) is 8.96. The van der Waals surface area contributed by atoms with E-state index in [0.717, 1.165) is 11.4 Å². The van der Waals surface area contributed by atoms with Crippen LogP contribution in [0.1, 0.15) is 16.6 Å². The molecule has 0 unspecified atom stereocenters. The predicted molar refractivity (Wildman–Crippen MR) is 96.8 cm³/mol. The van der Waals surface area contributed by atoms with Crippen molar-refractivity contribution in [3.8, 4) is 11.4 Å². The van der Waals surface area contributed by atoms with Crippen LogP contribution < -0.4 is 10.5 Å². The fourth-order valence-electron chi connectivity index (χ4n) is 2.55. The summed E-state index contributed by atoms with van der Waals surface area (Å²) in [5.74, 6) is 1.08. The lowest BCUT2D eigenvalue weighted by molar-refractivity contribution is 0.0306. The average Bonchev–Trinajstić information content (AvgIpc) is 2.91. The third-order valence-electron chi connectivity index (χ3n) is 3.74. The first-order chi connectivity index (χ1) is 11.6. The highest BCUT2D eigenvalue weighted by Gasteiger charge is 2.24. The summed E-state index contributed by atoms with van der Waals surface area (Å²) in [6.45, 7) is 4.80. The van der Waals surface area contributed by atoms with E-state index in [1.54, 1.807) is 9.47 Å². The van der Waals surface area contributed by atoms with Gasteiger partial charge in [0.05, 0.1) is 19.8 Å². The molecule has 1 aliphatic heterocycles. The number of carbonyl (C=O) groups is 1.